The average Bonchev–Trinajstić information content (AvgIpc) is 2.84. The molecule has 3 aromatic rings. The number of pyridine rings is 1. The number of fused-ring (bicyclic) bond motifs is 1. The molecule has 0 saturated heterocycles. The zero-order valence-corrected chi connectivity index (χ0v) is 15.4. The number of hydrogen-bond donors (Lipinski definition) is 0. The number of rotatable bonds is 2. The number of benzene rings is 1. The van der Waals surface area contributed by atoms with Crippen molar-refractivity contribution in [2.45, 2.75) is 32.9 Å². The van der Waals surface area contributed by atoms with Crippen LogP contribution in [0.15, 0.2) is 36.5 Å². The van der Waals surface area contributed by atoms with E-state index in [9.17, 15) is 4.39 Å². The zero-order valence-electron chi connectivity index (χ0n) is 14.7. The molecule has 1 aliphatic heterocycles. The molecule has 0 aliphatic carbocycles. The van der Waals surface area contributed by atoms with Crippen LogP contribution in [-0.2, 0) is 17.7 Å². The number of aromatic nitrogens is 3. The van der Waals surface area contributed by atoms with Gasteiger partial charge in [0.1, 0.15) is 11.6 Å². The molecule has 26 heavy (non-hydrogen) atoms. The second kappa shape index (κ2) is 6.82. The third-order valence-electron chi connectivity index (χ3n) is 4.60. The first-order chi connectivity index (χ1) is 12.5. The molecular formula is C20H19ClFN3O. The van der Waals surface area contributed by atoms with Crippen LogP contribution in [-0.4, -0.2) is 27.2 Å². The van der Waals surface area contributed by atoms with Crippen molar-refractivity contribution >= 4 is 11.6 Å². The fraction of sp³-hybridized carbons (Fsp3) is 0.300. The van der Waals surface area contributed by atoms with Crippen molar-refractivity contribution in [1.29, 1.82) is 0 Å². The van der Waals surface area contributed by atoms with Gasteiger partial charge < -0.3 is 9.30 Å². The maximum atomic E-state index is 13.6. The highest BCUT2D eigenvalue weighted by atomic mass is 35.5. The third-order valence-corrected chi connectivity index (χ3v) is 4.89. The van der Waals surface area contributed by atoms with Gasteiger partial charge in [0.05, 0.1) is 30.0 Å². The van der Waals surface area contributed by atoms with Crippen LogP contribution >= 0.6 is 11.6 Å². The molecule has 4 rings (SSSR count). The fourth-order valence-electron chi connectivity index (χ4n) is 3.38. The number of nitrogens with zero attached hydrogens (tertiary/aromatic N) is 3. The average molecular weight is 372 g/mol. The van der Waals surface area contributed by atoms with E-state index >= 15 is 0 Å². The van der Waals surface area contributed by atoms with Gasteiger partial charge in [-0.05, 0) is 44.2 Å². The minimum absolute atomic E-state index is 0.0761. The smallest absolute Gasteiger partial charge is 0.141 e. The van der Waals surface area contributed by atoms with Gasteiger partial charge in [-0.25, -0.2) is 9.37 Å². The Balaban J connectivity index is 1.92. The lowest BCUT2D eigenvalue weighted by Crippen LogP contribution is -2.15. The molecule has 1 aromatic carbocycles. The molecule has 0 saturated carbocycles. The van der Waals surface area contributed by atoms with E-state index in [4.69, 9.17) is 21.3 Å². The number of aryl methyl sites for hydroxylation is 1. The van der Waals surface area contributed by atoms with E-state index in [1.807, 2.05) is 26.0 Å². The maximum Gasteiger partial charge on any atom is 0.141 e. The summed E-state index contributed by atoms with van der Waals surface area (Å²) in [5.74, 6) is 0.350. The molecule has 4 nitrogen and oxygen atoms in total. The summed E-state index contributed by atoms with van der Waals surface area (Å²) in [5.41, 5.74) is 4.80. The van der Waals surface area contributed by atoms with Crippen LogP contribution in [0, 0.1) is 12.7 Å². The van der Waals surface area contributed by atoms with Crippen molar-refractivity contribution in [2.75, 3.05) is 6.61 Å². The molecule has 0 fully saturated rings. The minimum Gasteiger partial charge on any atom is -0.376 e. The number of ether oxygens (including phenoxy) is 1. The molecule has 0 unspecified atom stereocenters. The highest BCUT2D eigenvalue weighted by molar-refractivity contribution is 6.31. The van der Waals surface area contributed by atoms with E-state index in [1.54, 1.807) is 18.3 Å². The molecule has 0 amide bonds. The van der Waals surface area contributed by atoms with Crippen molar-refractivity contribution in [2.24, 2.45) is 0 Å². The van der Waals surface area contributed by atoms with E-state index < -0.39 is 5.82 Å². The molecule has 2 aromatic heterocycles. The normalized spacial score (nSPS) is 17.0. The fourth-order valence-corrected chi connectivity index (χ4v) is 3.56. The van der Waals surface area contributed by atoms with Crippen molar-refractivity contribution in [3.8, 4) is 22.6 Å². The SMILES string of the molecule is Cc1cc(-c2nc(-c3ccc(F)c(Cl)c3)n3c2CCO[C@H](C)C3)ccn1. The topological polar surface area (TPSA) is 39.9 Å². The van der Waals surface area contributed by atoms with E-state index in [0.717, 1.165) is 40.5 Å². The number of hydrogen-bond acceptors (Lipinski definition) is 3. The highest BCUT2D eigenvalue weighted by Crippen LogP contribution is 2.33. The second-order valence-corrected chi connectivity index (χ2v) is 6.99. The van der Waals surface area contributed by atoms with Gasteiger partial charge >= 0.3 is 0 Å². The lowest BCUT2D eigenvalue weighted by Gasteiger charge is -2.13. The zero-order chi connectivity index (χ0) is 18.3. The summed E-state index contributed by atoms with van der Waals surface area (Å²) in [7, 11) is 0. The van der Waals surface area contributed by atoms with E-state index in [1.165, 1.54) is 6.07 Å². The standard InChI is InChI=1S/C20H19ClFN3O/c1-12-9-14(5-7-23-12)19-18-6-8-26-13(2)11-25(18)20(24-19)15-3-4-17(22)16(21)10-15/h3-5,7,9-10,13H,6,8,11H2,1-2H3/t13-/m1/s1. The summed E-state index contributed by atoms with van der Waals surface area (Å²) >= 11 is 6.01. The van der Waals surface area contributed by atoms with E-state index in [-0.39, 0.29) is 11.1 Å². The van der Waals surface area contributed by atoms with Gasteiger partial charge in [0.25, 0.3) is 0 Å². The van der Waals surface area contributed by atoms with Gasteiger partial charge in [-0.3, -0.25) is 4.98 Å². The van der Waals surface area contributed by atoms with E-state index in [0.29, 0.717) is 13.2 Å². The first-order valence-electron chi connectivity index (χ1n) is 8.62. The molecule has 0 N–H and O–H groups in total. The van der Waals surface area contributed by atoms with Crippen LogP contribution in [0.4, 0.5) is 4.39 Å². The molecule has 0 bridgehead atoms. The van der Waals surface area contributed by atoms with Gasteiger partial charge in [-0.2, -0.15) is 0 Å². The first-order valence-corrected chi connectivity index (χ1v) is 9.00. The van der Waals surface area contributed by atoms with Crippen LogP contribution in [0.5, 0.6) is 0 Å². The molecule has 1 aliphatic rings. The Hall–Kier alpha value is -2.24. The molecule has 1 atom stereocenters. The Morgan fingerprint density at radius 3 is 2.85 bits per heavy atom. The Bertz CT molecular complexity index is 970. The molecule has 0 spiro atoms. The Morgan fingerprint density at radius 2 is 2.08 bits per heavy atom. The summed E-state index contributed by atoms with van der Waals surface area (Å²) in [6.07, 6.45) is 2.64. The monoisotopic (exact) mass is 371 g/mol. The maximum absolute atomic E-state index is 13.6. The highest BCUT2D eigenvalue weighted by Gasteiger charge is 2.24. The Labute approximate surface area is 156 Å². The second-order valence-electron chi connectivity index (χ2n) is 6.59. The Kier molecular flexibility index (Phi) is 4.51. The third kappa shape index (κ3) is 3.13. The van der Waals surface area contributed by atoms with Crippen LogP contribution in [0.25, 0.3) is 22.6 Å². The van der Waals surface area contributed by atoms with Crippen molar-refractivity contribution in [3.63, 3.8) is 0 Å². The van der Waals surface area contributed by atoms with Gasteiger partial charge in [0.2, 0.25) is 0 Å². The van der Waals surface area contributed by atoms with Gasteiger partial charge in [-0.15, -0.1) is 0 Å². The molecule has 3 heterocycles. The molecule has 6 heteroatoms. The molecular weight excluding hydrogens is 353 g/mol. The largest absolute Gasteiger partial charge is 0.376 e. The van der Waals surface area contributed by atoms with Crippen molar-refractivity contribution in [3.05, 3.63) is 58.8 Å². The lowest BCUT2D eigenvalue weighted by molar-refractivity contribution is 0.0666. The van der Waals surface area contributed by atoms with Crippen LogP contribution in [0.2, 0.25) is 5.02 Å². The van der Waals surface area contributed by atoms with Gasteiger partial charge in [0, 0.05) is 35.1 Å². The lowest BCUT2D eigenvalue weighted by atomic mass is 10.1. The van der Waals surface area contributed by atoms with Gasteiger partial charge in [-0.1, -0.05) is 11.6 Å². The molecule has 134 valence electrons. The summed E-state index contributed by atoms with van der Waals surface area (Å²) in [6, 6.07) is 8.72. The predicted molar refractivity (Wildman–Crippen MR) is 99.7 cm³/mol. The van der Waals surface area contributed by atoms with Crippen molar-refractivity contribution in [1.82, 2.24) is 14.5 Å². The van der Waals surface area contributed by atoms with E-state index in [2.05, 4.69) is 9.55 Å². The summed E-state index contributed by atoms with van der Waals surface area (Å²) in [6.45, 7) is 5.35. The first kappa shape index (κ1) is 17.2. The Morgan fingerprint density at radius 1 is 1.23 bits per heavy atom. The van der Waals surface area contributed by atoms with Crippen LogP contribution in [0.3, 0.4) is 0 Å². The van der Waals surface area contributed by atoms with Gasteiger partial charge in [0.15, 0.2) is 0 Å². The number of halogens is 2. The quantitative estimate of drug-likeness (QED) is 0.657. The summed E-state index contributed by atoms with van der Waals surface area (Å²) in [5, 5.41) is 0.0964. The number of imidazole rings is 1. The molecule has 0 radical (unpaired) electrons. The van der Waals surface area contributed by atoms with Crippen LogP contribution < -0.4 is 0 Å². The summed E-state index contributed by atoms with van der Waals surface area (Å²) < 4.78 is 21.6. The van der Waals surface area contributed by atoms with Crippen LogP contribution in [0.1, 0.15) is 18.3 Å². The minimum atomic E-state index is -0.431. The summed E-state index contributed by atoms with van der Waals surface area (Å²) in [4.78, 5) is 9.19. The predicted octanol–water partition coefficient (Wildman–Crippen LogP) is 4.67. The van der Waals surface area contributed by atoms with Crippen molar-refractivity contribution < 1.29 is 9.13 Å².